The van der Waals surface area contributed by atoms with Gasteiger partial charge in [0, 0.05) is 54.9 Å². The number of nitrogens with two attached hydrogens (primary N) is 2. The molecule has 4 N–H and O–H groups in total. The number of rotatable bonds is 4. The average Bonchev–Trinajstić information content (AvgIpc) is 3.16. The molecule has 27 heavy (non-hydrogen) atoms. The predicted octanol–water partition coefficient (Wildman–Crippen LogP) is 1.16. The van der Waals surface area contributed by atoms with Gasteiger partial charge in [-0.15, -0.1) is 0 Å². The molecule has 5 rings (SSSR count). The van der Waals surface area contributed by atoms with Crippen LogP contribution >= 0.6 is 0 Å². The molecule has 2 unspecified atom stereocenters. The van der Waals surface area contributed by atoms with Crippen LogP contribution in [0.5, 0.6) is 0 Å². The monoisotopic (exact) mass is 366 g/mol. The summed E-state index contributed by atoms with van der Waals surface area (Å²) in [5.41, 5.74) is 15.6. The molecule has 3 aliphatic rings. The first kappa shape index (κ1) is 16.6. The molecule has 0 aromatic carbocycles. The molecule has 2 aromatic rings. The molecule has 0 aliphatic carbocycles. The van der Waals surface area contributed by atoms with Gasteiger partial charge in [-0.05, 0) is 37.3 Å². The first-order valence-corrected chi connectivity index (χ1v) is 9.66. The van der Waals surface area contributed by atoms with Crippen LogP contribution in [-0.2, 0) is 4.74 Å². The number of aromatic nitrogens is 2. The summed E-state index contributed by atoms with van der Waals surface area (Å²) in [5, 5.41) is 4.49. The smallest absolute Gasteiger partial charge is 0.0886 e. The van der Waals surface area contributed by atoms with Crippen LogP contribution < -0.4 is 16.4 Å². The number of ether oxygens (including phenoxy) is 1. The standard InChI is InChI=1S/C20H26N6O/c21-5-3-14(8-22)15-7-20-19(4-6-23-25(20)9-15)24-10-16-1-2-17(11-24)26(16)18-12-27-13-18/h3-9,16-18H,1-2,10-13,21-22H2/b5-3-,14-8+. The van der Waals surface area contributed by atoms with Crippen molar-refractivity contribution in [2.75, 3.05) is 31.2 Å². The summed E-state index contributed by atoms with van der Waals surface area (Å²) in [6, 6.07) is 6.16. The Kier molecular flexibility index (Phi) is 4.06. The Hall–Kier alpha value is -2.51. The van der Waals surface area contributed by atoms with Crippen LogP contribution in [-0.4, -0.2) is 58.9 Å². The number of hydrogen-bond donors (Lipinski definition) is 2. The molecular formula is C20H26N6O. The summed E-state index contributed by atoms with van der Waals surface area (Å²) < 4.78 is 7.38. The Bertz CT molecular complexity index is 885. The maximum absolute atomic E-state index is 5.78. The topological polar surface area (TPSA) is 85.0 Å². The van der Waals surface area contributed by atoms with E-state index in [-0.39, 0.29) is 0 Å². The Labute approximate surface area is 158 Å². The van der Waals surface area contributed by atoms with Crippen LogP contribution in [0.3, 0.4) is 0 Å². The molecule has 3 aliphatic heterocycles. The summed E-state index contributed by atoms with van der Waals surface area (Å²) in [7, 11) is 0. The van der Waals surface area contributed by atoms with Gasteiger partial charge in [-0.2, -0.15) is 5.10 Å². The summed E-state index contributed by atoms with van der Waals surface area (Å²) in [6.45, 7) is 3.93. The average molecular weight is 366 g/mol. The van der Waals surface area contributed by atoms with E-state index in [2.05, 4.69) is 27.0 Å². The Morgan fingerprint density at radius 3 is 2.56 bits per heavy atom. The number of hydrogen-bond acceptors (Lipinski definition) is 6. The fourth-order valence-corrected chi connectivity index (χ4v) is 4.90. The van der Waals surface area contributed by atoms with Crippen LogP contribution in [0.15, 0.2) is 43.0 Å². The van der Waals surface area contributed by atoms with Gasteiger partial charge >= 0.3 is 0 Å². The van der Waals surface area contributed by atoms with Crippen molar-refractivity contribution in [2.24, 2.45) is 11.5 Å². The fraction of sp³-hybridized carbons (Fsp3) is 0.450. The van der Waals surface area contributed by atoms with Crippen LogP contribution in [0.25, 0.3) is 11.1 Å². The largest absolute Gasteiger partial charge is 0.405 e. The molecule has 2 atom stereocenters. The van der Waals surface area contributed by atoms with Gasteiger partial charge in [-0.3, -0.25) is 4.90 Å². The van der Waals surface area contributed by atoms with E-state index < -0.39 is 0 Å². The van der Waals surface area contributed by atoms with Gasteiger partial charge in [0.2, 0.25) is 0 Å². The van der Waals surface area contributed by atoms with E-state index in [1.54, 1.807) is 6.20 Å². The lowest BCUT2D eigenvalue weighted by Gasteiger charge is -2.48. The van der Waals surface area contributed by atoms with Crippen molar-refractivity contribution in [2.45, 2.75) is 31.0 Å². The van der Waals surface area contributed by atoms with E-state index in [0.717, 1.165) is 43.0 Å². The maximum atomic E-state index is 5.78. The zero-order valence-electron chi connectivity index (χ0n) is 15.4. The highest BCUT2D eigenvalue weighted by molar-refractivity contribution is 5.82. The summed E-state index contributed by atoms with van der Waals surface area (Å²) in [6.07, 6.45) is 11.4. The second kappa shape index (κ2) is 6.58. The molecule has 0 saturated carbocycles. The van der Waals surface area contributed by atoms with Crippen molar-refractivity contribution >= 4 is 16.8 Å². The van der Waals surface area contributed by atoms with E-state index in [4.69, 9.17) is 16.2 Å². The van der Waals surface area contributed by atoms with Crippen molar-refractivity contribution in [3.8, 4) is 0 Å². The second-order valence-electron chi connectivity index (χ2n) is 7.68. The Morgan fingerprint density at radius 2 is 1.93 bits per heavy atom. The number of anilines is 1. The quantitative estimate of drug-likeness (QED) is 0.790. The zero-order valence-corrected chi connectivity index (χ0v) is 15.4. The minimum atomic E-state index is 0.625. The third-order valence-corrected chi connectivity index (χ3v) is 6.20. The lowest BCUT2D eigenvalue weighted by atomic mass is 10.1. The third-order valence-electron chi connectivity index (χ3n) is 6.20. The summed E-state index contributed by atoms with van der Waals surface area (Å²) in [5.74, 6) is 0. The summed E-state index contributed by atoms with van der Waals surface area (Å²) in [4.78, 5) is 5.26. The molecule has 142 valence electrons. The van der Waals surface area contributed by atoms with Gasteiger partial charge in [-0.25, -0.2) is 4.52 Å². The van der Waals surface area contributed by atoms with Gasteiger partial charge in [0.05, 0.1) is 30.5 Å². The summed E-state index contributed by atoms with van der Waals surface area (Å²) >= 11 is 0. The van der Waals surface area contributed by atoms with Crippen molar-refractivity contribution < 1.29 is 4.74 Å². The van der Waals surface area contributed by atoms with Gasteiger partial charge < -0.3 is 21.1 Å². The molecule has 5 heterocycles. The van der Waals surface area contributed by atoms with Gasteiger partial charge in [-0.1, -0.05) is 0 Å². The highest BCUT2D eigenvalue weighted by Gasteiger charge is 2.45. The predicted molar refractivity (Wildman–Crippen MR) is 106 cm³/mol. The van der Waals surface area contributed by atoms with E-state index >= 15 is 0 Å². The lowest BCUT2D eigenvalue weighted by molar-refractivity contribution is -0.0850. The molecule has 7 heteroatoms. The number of allylic oxidation sites excluding steroid dienone is 2. The van der Waals surface area contributed by atoms with Crippen LogP contribution in [0.1, 0.15) is 18.4 Å². The van der Waals surface area contributed by atoms with Gasteiger partial charge in [0.15, 0.2) is 0 Å². The zero-order chi connectivity index (χ0) is 18.4. The molecular weight excluding hydrogens is 340 g/mol. The molecule has 0 amide bonds. The number of nitrogens with zero attached hydrogens (tertiary/aromatic N) is 4. The second-order valence-corrected chi connectivity index (χ2v) is 7.68. The highest BCUT2D eigenvalue weighted by atomic mass is 16.5. The first-order chi connectivity index (χ1) is 13.3. The van der Waals surface area contributed by atoms with Gasteiger partial charge in [0.25, 0.3) is 0 Å². The fourth-order valence-electron chi connectivity index (χ4n) is 4.90. The van der Waals surface area contributed by atoms with Crippen molar-refractivity contribution in [3.63, 3.8) is 0 Å². The molecule has 7 nitrogen and oxygen atoms in total. The van der Waals surface area contributed by atoms with E-state index in [1.807, 2.05) is 23.0 Å². The molecule has 2 aromatic heterocycles. The van der Waals surface area contributed by atoms with Gasteiger partial charge in [0.1, 0.15) is 0 Å². The maximum Gasteiger partial charge on any atom is 0.0886 e. The van der Waals surface area contributed by atoms with Crippen LogP contribution in [0, 0.1) is 0 Å². The first-order valence-electron chi connectivity index (χ1n) is 9.66. The molecule has 3 fully saturated rings. The number of fused-ring (bicyclic) bond motifs is 3. The van der Waals surface area contributed by atoms with Crippen molar-refractivity contribution in [3.05, 3.63) is 48.6 Å². The highest BCUT2D eigenvalue weighted by Crippen LogP contribution is 2.37. The van der Waals surface area contributed by atoms with E-state index in [1.165, 1.54) is 24.7 Å². The number of piperazine rings is 1. The third kappa shape index (κ3) is 2.69. The molecule has 0 spiro atoms. The molecule has 3 saturated heterocycles. The van der Waals surface area contributed by atoms with Crippen molar-refractivity contribution in [1.29, 1.82) is 0 Å². The Balaban J connectivity index is 1.46. The minimum Gasteiger partial charge on any atom is -0.405 e. The molecule has 0 radical (unpaired) electrons. The minimum absolute atomic E-state index is 0.625. The molecule has 2 bridgehead atoms. The SMILES string of the molecule is N/C=C\C(=C/N)c1cc2c(N3CC4CCC(C3)N4C3COC3)ccnn2c1. The van der Waals surface area contributed by atoms with E-state index in [0.29, 0.717) is 18.1 Å². The van der Waals surface area contributed by atoms with Crippen molar-refractivity contribution in [1.82, 2.24) is 14.5 Å². The van der Waals surface area contributed by atoms with Crippen LogP contribution in [0.2, 0.25) is 0 Å². The van der Waals surface area contributed by atoms with Crippen LogP contribution in [0.4, 0.5) is 5.69 Å². The normalized spacial score (nSPS) is 27.0. The Morgan fingerprint density at radius 1 is 1.15 bits per heavy atom. The van der Waals surface area contributed by atoms with E-state index in [9.17, 15) is 0 Å². The lowest BCUT2D eigenvalue weighted by Crippen LogP contribution is -2.62.